The Morgan fingerprint density at radius 1 is 1.33 bits per heavy atom. The van der Waals surface area contributed by atoms with Crippen LogP contribution in [0.2, 0.25) is 5.02 Å². The molecule has 24 heavy (non-hydrogen) atoms. The van der Waals surface area contributed by atoms with Crippen molar-refractivity contribution in [2.24, 2.45) is 0 Å². The molecule has 0 fully saturated rings. The summed E-state index contributed by atoms with van der Waals surface area (Å²) in [6.45, 7) is 2.41. The van der Waals surface area contributed by atoms with Gasteiger partial charge in [-0.15, -0.1) is 0 Å². The minimum absolute atomic E-state index is 0. The van der Waals surface area contributed by atoms with Crippen molar-refractivity contribution in [3.05, 3.63) is 46.7 Å². The topological polar surface area (TPSA) is 64.4 Å². The van der Waals surface area contributed by atoms with Crippen molar-refractivity contribution in [3.63, 3.8) is 0 Å². The highest BCUT2D eigenvalue weighted by Gasteiger charge is 2.35. The van der Waals surface area contributed by atoms with Gasteiger partial charge in [0.15, 0.2) is 0 Å². The number of benzene rings is 1. The Balaban J connectivity index is 0.00000144. The zero-order valence-electron chi connectivity index (χ0n) is 12.6. The number of carbonyl (C=O) groups is 2. The van der Waals surface area contributed by atoms with E-state index in [2.05, 4.69) is 5.10 Å². The summed E-state index contributed by atoms with van der Waals surface area (Å²) in [6, 6.07) is 6.94. The average Bonchev–Trinajstić information content (AvgIpc) is 2.97. The Morgan fingerprint density at radius 2 is 1.96 bits per heavy atom. The molecule has 2 heterocycles. The highest BCUT2D eigenvalue weighted by atomic mass is 35.5. The van der Waals surface area contributed by atoms with E-state index in [0.717, 1.165) is 5.69 Å². The summed E-state index contributed by atoms with van der Waals surface area (Å²) in [5.74, 6) is -0.849. The van der Waals surface area contributed by atoms with Crippen molar-refractivity contribution in [1.29, 1.82) is 0 Å². The van der Waals surface area contributed by atoms with Crippen molar-refractivity contribution >= 4 is 42.7 Å². The van der Waals surface area contributed by atoms with Gasteiger partial charge >= 0.3 is 5.97 Å². The SMILES string of the molecule is C.COC(=O)c1cnn2c1C(=O)N(c1ccc(Cl)cc1)C[C@@H]2C.S. The van der Waals surface area contributed by atoms with E-state index in [1.165, 1.54) is 13.3 Å². The summed E-state index contributed by atoms with van der Waals surface area (Å²) < 4.78 is 6.29. The predicted octanol–water partition coefficient (Wildman–Crippen LogP) is 3.29. The maximum atomic E-state index is 12.8. The van der Waals surface area contributed by atoms with Crippen molar-refractivity contribution < 1.29 is 14.3 Å². The van der Waals surface area contributed by atoms with E-state index in [4.69, 9.17) is 16.3 Å². The lowest BCUT2D eigenvalue weighted by molar-refractivity contribution is 0.0596. The van der Waals surface area contributed by atoms with E-state index in [0.29, 0.717) is 11.6 Å². The van der Waals surface area contributed by atoms with Crippen LogP contribution < -0.4 is 4.90 Å². The number of rotatable bonds is 2. The summed E-state index contributed by atoms with van der Waals surface area (Å²) in [7, 11) is 1.28. The zero-order chi connectivity index (χ0) is 15.9. The van der Waals surface area contributed by atoms with Gasteiger partial charge in [0, 0.05) is 17.3 Å². The molecule has 0 bridgehead atoms. The number of methoxy groups -OCH3 is 1. The fraction of sp³-hybridized carbons (Fsp3) is 0.312. The first-order chi connectivity index (χ1) is 10.5. The number of ether oxygens (including phenoxy) is 1. The molecule has 2 aromatic rings. The lowest BCUT2D eigenvalue weighted by atomic mass is 10.1. The van der Waals surface area contributed by atoms with Crippen LogP contribution in [0.15, 0.2) is 30.5 Å². The minimum Gasteiger partial charge on any atom is -0.465 e. The fourth-order valence-electron chi connectivity index (χ4n) is 2.56. The summed E-state index contributed by atoms with van der Waals surface area (Å²) in [5.41, 5.74) is 1.16. The second kappa shape index (κ2) is 7.72. The van der Waals surface area contributed by atoms with Gasteiger partial charge in [-0.05, 0) is 31.2 Å². The summed E-state index contributed by atoms with van der Waals surface area (Å²) >= 11 is 5.89. The van der Waals surface area contributed by atoms with Gasteiger partial charge in [0.25, 0.3) is 5.91 Å². The number of nitrogens with zero attached hydrogens (tertiary/aromatic N) is 3. The molecule has 6 nitrogen and oxygen atoms in total. The van der Waals surface area contributed by atoms with E-state index in [1.807, 2.05) is 6.92 Å². The minimum atomic E-state index is -0.570. The van der Waals surface area contributed by atoms with Crippen LogP contribution in [0.4, 0.5) is 5.69 Å². The van der Waals surface area contributed by atoms with Crippen molar-refractivity contribution in [3.8, 4) is 0 Å². The van der Waals surface area contributed by atoms with Gasteiger partial charge in [-0.3, -0.25) is 9.48 Å². The molecule has 1 aromatic carbocycles. The molecule has 0 radical (unpaired) electrons. The van der Waals surface area contributed by atoms with Crippen molar-refractivity contribution in [2.75, 3.05) is 18.6 Å². The van der Waals surface area contributed by atoms with Crippen LogP contribution in [0.1, 0.15) is 41.2 Å². The number of esters is 1. The molecule has 0 unspecified atom stereocenters. The van der Waals surface area contributed by atoms with Gasteiger partial charge in [0.1, 0.15) is 11.3 Å². The molecule has 1 amide bonds. The van der Waals surface area contributed by atoms with Crippen LogP contribution in [0.5, 0.6) is 0 Å². The zero-order valence-corrected chi connectivity index (χ0v) is 14.4. The number of fused-ring (bicyclic) bond motifs is 1. The first kappa shape index (κ1) is 20.1. The maximum absolute atomic E-state index is 12.8. The second-order valence-corrected chi connectivity index (χ2v) is 5.52. The monoisotopic (exact) mass is 369 g/mol. The van der Waals surface area contributed by atoms with E-state index < -0.39 is 5.97 Å². The summed E-state index contributed by atoms with van der Waals surface area (Å²) in [4.78, 5) is 26.2. The molecule has 1 aliphatic rings. The molecule has 1 aliphatic heterocycles. The molecule has 0 saturated carbocycles. The molecule has 1 aromatic heterocycles. The molecule has 0 saturated heterocycles. The Kier molecular flexibility index (Phi) is 6.45. The largest absolute Gasteiger partial charge is 0.465 e. The Hall–Kier alpha value is -1.99. The molecule has 0 N–H and O–H groups in total. The lowest BCUT2D eigenvalue weighted by Gasteiger charge is -2.32. The van der Waals surface area contributed by atoms with Crippen LogP contribution in [0.3, 0.4) is 0 Å². The van der Waals surface area contributed by atoms with Crippen LogP contribution >= 0.6 is 25.1 Å². The average molecular weight is 370 g/mol. The van der Waals surface area contributed by atoms with Crippen LogP contribution in [0, 0.1) is 0 Å². The summed E-state index contributed by atoms with van der Waals surface area (Å²) in [6.07, 6.45) is 1.38. The fourth-order valence-corrected chi connectivity index (χ4v) is 2.69. The van der Waals surface area contributed by atoms with E-state index in [-0.39, 0.29) is 44.1 Å². The number of carbonyl (C=O) groups excluding carboxylic acids is 2. The molecular formula is C16H20ClN3O3S. The second-order valence-electron chi connectivity index (χ2n) is 5.08. The number of hydrogen-bond donors (Lipinski definition) is 0. The normalized spacial score (nSPS) is 15.9. The van der Waals surface area contributed by atoms with Gasteiger partial charge in [-0.1, -0.05) is 19.0 Å². The molecule has 3 rings (SSSR count). The Labute approximate surface area is 152 Å². The summed E-state index contributed by atoms with van der Waals surface area (Å²) in [5, 5.41) is 4.75. The van der Waals surface area contributed by atoms with Crippen LogP contribution in [0.25, 0.3) is 0 Å². The molecule has 0 spiro atoms. The molecule has 0 aliphatic carbocycles. The molecule has 8 heteroatoms. The number of halogens is 1. The Morgan fingerprint density at radius 3 is 2.54 bits per heavy atom. The van der Waals surface area contributed by atoms with Crippen LogP contribution in [-0.2, 0) is 4.74 Å². The maximum Gasteiger partial charge on any atom is 0.341 e. The number of amides is 1. The van der Waals surface area contributed by atoms with Crippen LogP contribution in [-0.4, -0.2) is 35.3 Å². The smallest absolute Gasteiger partial charge is 0.341 e. The van der Waals surface area contributed by atoms with E-state index >= 15 is 0 Å². The first-order valence-electron chi connectivity index (χ1n) is 6.76. The third-order valence-corrected chi connectivity index (χ3v) is 3.90. The third-order valence-electron chi connectivity index (χ3n) is 3.65. The van der Waals surface area contributed by atoms with Gasteiger partial charge < -0.3 is 9.64 Å². The Bertz CT molecular complexity index is 746. The molecule has 130 valence electrons. The lowest BCUT2D eigenvalue weighted by Crippen LogP contribution is -2.43. The van der Waals surface area contributed by atoms with Gasteiger partial charge in [-0.2, -0.15) is 18.6 Å². The van der Waals surface area contributed by atoms with Crippen molar-refractivity contribution in [1.82, 2.24) is 9.78 Å². The third kappa shape index (κ3) is 3.27. The molecule has 1 atom stereocenters. The number of aromatic nitrogens is 2. The quantitative estimate of drug-likeness (QED) is 0.762. The first-order valence-corrected chi connectivity index (χ1v) is 7.14. The van der Waals surface area contributed by atoms with Gasteiger partial charge in [0.2, 0.25) is 0 Å². The highest BCUT2D eigenvalue weighted by Crippen LogP contribution is 2.28. The number of hydrogen-bond acceptors (Lipinski definition) is 4. The van der Waals surface area contributed by atoms with E-state index in [1.54, 1.807) is 33.8 Å². The molecular weight excluding hydrogens is 350 g/mol. The van der Waals surface area contributed by atoms with Gasteiger partial charge in [-0.25, -0.2) is 4.79 Å². The number of anilines is 1. The predicted molar refractivity (Wildman–Crippen MR) is 98.5 cm³/mol. The highest BCUT2D eigenvalue weighted by molar-refractivity contribution is 7.59. The van der Waals surface area contributed by atoms with E-state index in [9.17, 15) is 9.59 Å². The van der Waals surface area contributed by atoms with Gasteiger partial charge in [0.05, 0.1) is 19.3 Å². The standard InChI is InChI=1S/C15H14ClN3O3.CH4.H2S/c1-9-8-18(11-5-3-10(16)4-6-11)14(20)13-12(15(21)22-2)7-17-19(9)13;;/h3-7,9H,8H2,1-2H3;1H4;1H2/t9-;;/m0../s1. The van der Waals surface area contributed by atoms with Crippen molar-refractivity contribution in [2.45, 2.75) is 20.4 Å².